The number of nitrogens with two attached hydrogens (primary N) is 1. The number of allylic oxidation sites excluding steroid dienone is 4. The van der Waals surface area contributed by atoms with Crippen LogP contribution in [-0.2, 0) is 9.59 Å². The highest BCUT2D eigenvalue weighted by molar-refractivity contribution is 6.32. The molecular formula is C42H40Cl4N2O5. The molecule has 4 rings (SSSR count). The van der Waals surface area contributed by atoms with Crippen molar-refractivity contribution in [3.63, 3.8) is 0 Å². The number of methoxy groups -OCH3 is 2. The van der Waals surface area contributed by atoms with Crippen molar-refractivity contribution in [3.8, 4) is 11.5 Å². The zero-order chi connectivity index (χ0) is 38.8. The van der Waals surface area contributed by atoms with E-state index in [4.69, 9.17) is 66.7 Å². The lowest BCUT2D eigenvalue weighted by Crippen LogP contribution is -2.20. The first-order valence-electron chi connectivity index (χ1n) is 16.0. The van der Waals surface area contributed by atoms with Gasteiger partial charge in [0, 0.05) is 35.3 Å². The summed E-state index contributed by atoms with van der Waals surface area (Å²) in [7, 11) is 3.16. The van der Waals surface area contributed by atoms with Crippen LogP contribution in [0.4, 0.5) is 0 Å². The molecule has 4 N–H and O–H groups in total. The van der Waals surface area contributed by atoms with Gasteiger partial charge in [0.25, 0.3) is 0 Å². The van der Waals surface area contributed by atoms with E-state index in [2.05, 4.69) is 5.32 Å². The van der Waals surface area contributed by atoms with Gasteiger partial charge in [0.2, 0.25) is 5.91 Å². The SMILES string of the molecule is COc1ccc(/C=C/C=C/C(=O)NC/C=C\c2ccc(Cl)cc2)c(Cl)c1.COc1ccc(/C=C/C=C/C(=O)O)c(Cl)c1.NC/C=C\c1ccc(Cl)cc1. The third-order valence-electron chi connectivity index (χ3n) is 6.57. The van der Waals surface area contributed by atoms with Gasteiger partial charge in [0.15, 0.2) is 0 Å². The normalized spacial score (nSPS) is 11.2. The number of rotatable bonds is 13. The molecule has 276 valence electrons. The second kappa shape index (κ2) is 25.9. The lowest BCUT2D eigenvalue weighted by atomic mass is 10.2. The molecule has 0 aliphatic heterocycles. The molecule has 0 saturated carbocycles. The lowest BCUT2D eigenvalue weighted by Gasteiger charge is -2.02. The predicted octanol–water partition coefficient (Wildman–Crippen LogP) is 10.7. The Labute approximate surface area is 330 Å². The van der Waals surface area contributed by atoms with E-state index < -0.39 is 5.97 Å². The average Bonchev–Trinajstić information content (AvgIpc) is 3.15. The maximum absolute atomic E-state index is 11.7. The monoisotopic (exact) mass is 792 g/mol. The number of hydrogen-bond acceptors (Lipinski definition) is 5. The van der Waals surface area contributed by atoms with Gasteiger partial charge < -0.3 is 25.6 Å². The van der Waals surface area contributed by atoms with Crippen molar-refractivity contribution in [3.05, 3.63) is 176 Å². The lowest BCUT2D eigenvalue weighted by molar-refractivity contribution is -0.131. The van der Waals surface area contributed by atoms with E-state index in [0.29, 0.717) is 39.7 Å². The van der Waals surface area contributed by atoms with Gasteiger partial charge in [-0.1, -0.05) is 131 Å². The highest BCUT2D eigenvalue weighted by atomic mass is 35.5. The zero-order valence-electron chi connectivity index (χ0n) is 29.1. The van der Waals surface area contributed by atoms with Gasteiger partial charge in [-0.25, -0.2) is 4.79 Å². The first kappa shape index (κ1) is 44.1. The standard InChI is InChI=1S/C21H19Cl2NO2.C12H11ClO3.C9H10ClN/c1-26-19-13-10-17(20(23)15-19)6-2-3-7-21(25)24-14-4-5-16-8-11-18(22)12-9-16;1-16-10-7-6-9(11(13)8-10)4-2-3-5-12(14)15;10-9-5-3-8(4-6-9)2-1-7-11/h2-13,15H,14H2,1H3,(H,24,25);2-8H,1H3,(H,14,15);1-6H,7,11H2/b5-4-,6-2+,7-3+;4-2+,5-3+;2-1-. The van der Waals surface area contributed by atoms with Crippen molar-refractivity contribution < 1.29 is 24.2 Å². The second-order valence-electron chi connectivity index (χ2n) is 10.4. The molecule has 0 atom stereocenters. The van der Waals surface area contributed by atoms with Gasteiger partial charge in [-0.05, 0) is 82.9 Å². The Bertz CT molecular complexity index is 1920. The number of aliphatic carboxylic acids is 1. The summed E-state index contributed by atoms with van der Waals surface area (Å²) < 4.78 is 10.1. The van der Waals surface area contributed by atoms with Crippen molar-refractivity contribution in [1.82, 2.24) is 5.32 Å². The molecule has 0 bridgehead atoms. The van der Waals surface area contributed by atoms with Crippen molar-refractivity contribution in [2.45, 2.75) is 0 Å². The van der Waals surface area contributed by atoms with Gasteiger partial charge in [-0.3, -0.25) is 4.79 Å². The number of carboxylic acid groups (broad SMARTS) is 1. The van der Waals surface area contributed by atoms with Gasteiger partial charge in [0.1, 0.15) is 11.5 Å². The van der Waals surface area contributed by atoms with Crippen LogP contribution in [0.3, 0.4) is 0 Å². The van der Waals surface area contributed by atoms with Crippen LogP contribution in [0.15, 0.2) is 134 Å². The number of ether oxygens (including phenoxy) is 2. The number of carbonyl (C=O) groups excluding carboxylic acids is 1. The summed E-state index contributed by atoms with van der Waals surface area (Å²) in [5.74, 6) is 0.235. The molecular weight excluding hydrogens is 754 g/mol. The highest BCUT2D eigenvalue weighted by Gasteiger charge is 1.99. The fourth-order valence-electron chi connectivity index (χ4n) is 3.90. The molecule has 53 heavy (non-hydrogen) atoms. The van der Waals surface area contributed by atoms with Crippen LogP contribution in [0.25, 0.3) is 24.3 Å². The fraction of sp³-hybridized carbons (Fsp3) is 0.0952. The maximum atomic E-state index is 11.7. The minimum absolute atomic E-state index is 0.170. The van der Waals surface area contributed by atoms with Crippen molar-refractivity contribution in [2.75, 3.05) is 27.3 Å². The summed E-state index contributed by atoms with van der Waals surface area (Å²) in [4.78, 5) is 21.9. The van der Waals surface area contributed by atoms with Crippen LogP contribution >= 0.6 is 46.4 Å². The van der Waals surface area contributed by atoms with Crippen LogP contribution < -0.4 is 20.5 Å². The number of carbonyl (C=O) groups is 2. The fourth-order valence-corrected chi connectivity index (χ4v) is 4.62. The summed E-state index contributed by atoms with van der Waals surface area (Å²) in [5, 5.41) is 13.7. The van der Waals surface area contributed by atoms with E-state index in [9.17, 15) is 9.59 Å². The smallest absolute Gasteiger partial charge is 0.328 e. The van der Waals surface area contributed by atoms with Crippen LogP contribution in [0.1, 0.15) is 22.3 Å². The average molecular weight is 795 g/mol. The molecule has 0 fully saturated rings. The van der Waals surface area contributed by atoms with E-state index in [0.717, 1.165) is 33.4 Å². The molecule has 0 spiro atoms. The number of benzene rings is 4. The van der Waals surface area contributed by atoms with E-state index in [1.807, 2.05) is 91.0 Å². The molecule has 0 aliphatic rings. The number of amides is 1. The van der Waals surface area contributed by atoms with Crippen LogP contribution in [0, 0.1) is 0 Å². The Kier molecular flexibility index (Phi) is 21.5. The Morgan fingerprint density at radius 1 is 0.642 bits per heavy atom. The zero-order valence-corrected chi connectivity index (χ0v) is 32.1. The molecule has 7 nitrogen and oxygen atoms in total. The van der Waals surface area contributed by atoms with Crippen LogP contribution in [-0.4, -0.2) is 44.3 Å². The second-order valence-corrected chi connectivity index (χ2v) is 12.1. The Morgan fingerprint density at radius 3 is 1.51 bits per heavy atom. The summed E-state index contributed by atoms with van der Waals surface area (Å²) >= 11 is 23.6. The molecule has 0 radical (unpaired) electrons. The molecule has 0 unspecified atom stereocenters. The third-order valence-corrected chi connectivity index (χ3v) is 7.72. The van der Waals surface area contributed by atoms with E-state index in [-0.39, 0.29) is 5.91 Å². The number of halogens is 4. The summed E-state index contributed by atoms with van der Waals surface area (Å²) in [6.45, 7) is 1.02. The first-order chi connectivity index (χ1) is 25.5. The van der Waals surface area contributed by atoms with E-state index >= 15 is 0 Å². The number of hydrogen-bond donors (Lipinski definition) is 3. The molecule has 4 aromatic rings. The molecule has 11 heteroatoms. The molecule has 4 aromatic carbocycles. The molecule has 0 aromatic heterocycles. The minimum Gasteiger partial charge on any atom is -0.497 e. The maximum Gasteiger partial charge on any atom is 0.328 e. The third kappa shape index (κ3) is 19.4. The largest absolute Gasteiger partial charge is 0.497 e. The van der Waals surface area contributed by atoms with Crippen molar-refractivity contribution in [1.29, 1.82) is 0 Å². The minimum atomic E-state index is -0.981. The van der Waals surface area contributed by atoms with Crippen LogP contribution in [0.5, 0.6) is 11.5 Å². The molecule has 1 amide bonds. The van der Waals surface area contributed by atoms with Gasteiger partial charge in [0.05, 0.1) is 24.3 Å². The molecule has 0 saturated heterocycles. The van der Waals surface area contributed by atoms with Gasteiger partial charge >= 0.3 is 5.97 Å². The highest BCUT2D eigenvalue weighted by Crippen LogP contribution is 2.24. The van der Waals surface area contributed by atoms with E-state index in [1.54, 1.807) is 62.8 Å². The molecule has 0 aliphatic carbocycles. The summed E-state index contributed by atoms with van der Waals surface area (Å²) in [6, 6.07) is 25.8. The first-order valence-corrected chi connectivity index (χ1v) is 17.5. The predicted molar refractivity (Wildman–Crippen MR) is 223 cm³/mol. The molecule has 0 heterocycles. The van der Waals surface area contributed by atoms with Gasteiger partial charge in [-0.2, -0.15) is 0 Å². The summed E-state index contributed by atoms with van der Waals surface area (Å²) in [6.07, 6.45) is 20.2. The number of nitrogens with one attached hydrogen (secondary N) is 1. The van der Waals surface area contributed by atoms with Gasteiger partial charge in [-0.15, -0.1) is 0 Å². The van der Waals surface area contributed by atoms with Crippen molar-refractivity contribution in [2.24, 2.45) is 5.73 Å². The Hall–Kier alpha value is -5.02. The van der Waals surface area contributed by atoms with Crippen LogP contribution in [0.2, 0.25) is 20.1 Å². The van der Waals surface area contributed by atoms with Crippen molar-refractivity contribution >= 4 is 82.6 Å². The number of carboxylic acids is 1. The Balaban J connectivity index is 0.000000305. The summed E-state index contributed by atoms with van der Waals surface area (Å²) in [5.41, 5.74) is 9.10. The quantitative estimate of drug-likeness (QED) is 0.0918. The Morgan fingerprint density at radius 2 is 1.09 bits per heavy atom. The topological polar surface area (TPSA) is 111 Å². The van der Waals surface area contributed by atoms with E-state index in [1.165, 1.54) is 12.2 Å².